The van der Waals surface area contributed by atoms with Gasteiger partial charge < -0.3 is 10.2 Å². The molecule has 1 N–H and O–H groups in total. The number of hydrogen-bond acceptors (Lipinski definition) is 4. The predicted octanol–water partition coefficient (Wildman–Crippen LogP) is 3.73. The van der Waals surface area contributed by atoms with Gasteiger partial charge >= 0.3 is 0 Å². The molecule has 2 rings (SSSR count). The lowest BCUT2D eigenvalue weighted by Gasteiger charge is -2.31. The molecule has 7 nitrogen and oxygen atoms in total. The highest BCUT2D eigenvalue weighted by molar-refractivity contribution is 9.10. The maximum Gasteiger partial charge on any atom is 0.244 e. The molecule has 0 saturated heterocycles. The van der Waals surface area contributed by atoms with E-state index in [1.165, 1.54) is 11.0 Å². The highest BCUT2D eigenvalue weighted by atomic mass is 79.9. The minimum atomic E-state index is -3.79. The Labute approximate surface area is 202 Å². The summed E-state index contributed by atoms with van der Waals surface area (Å²) in [6.07, 6.45) is 1.03. The van der Waals surface area contributed by atoms with Gasteiger partial charge in [-0.25, -0.2) is 8.42 Å². The van der Waals surface area contributed by atoms with E-state index in [0.717, 1.165) is 26.2 Å². The smallest absolute Gasteiger partial charge is 0.244 e. The zero-order chi connectivity index (χ0) is 24.1. The molecular formula is C22H27BrClN3O4S. The van der Waals surface area contributed by atoms with Crippen LogP contribution in [0.3, 0.4) is 0 Å². The monoisotopic (exact) mass is 543 g/mol. The Kier molecular flexibility index (Phi) is 9.12. The Hall–Kier alpha value is -2.10. The topological polar surface area (TPSA) is 86.8 Å². The highest BCUT2D eigenvalue weighted by Gasteiger charge is 2.30. The third kappa shape index (κ3) is 6.95. The number of rotatable bonds is 9. The normalized spacial score (nSPS) is 12.2. The third-order valence-corrected chi connectivity index (χ3v) is 6.92. The van der Waals surface area contributed by atoms with Crippen LogP contribution in [0.1, 0.15) is 25.0 Å². The fourth-order valence-corrected chi connectivity index (χ4v) is 4.55. The number of likely N-dealkylation sites (N-methyl/N-ethyl adjacent to an activating group) is 1. The molecule has 0 aliphatic heterocycles. The van der Waals surface area contributed by atoms with E-state index in [0.29, 0.717) is 11.6 Å². The first-order valence-electron chi connectivity index (χ1n) is 9.99. The van der Waals surface area contributed by atoms with Crippen LogP contribution >= 0.6 is 27.5 Å². The van der Waals surface area contributed by atoms with E-state index in [1.807, 2.05) is 24.3 Å². The lowest BCUT2D eigenvalue weighted by atomic mass is 10.1. The van der Waals surface area contributed by atoms with Crippen LogP contribution in [0, 0.1) is 6.92 Å². The number of halogens is 2. The van der Waals surface area contributed by atoms with Crippen molar-refractivity contribution in [2.45, 2.75) is 33.4 Å². The van der Waals surface area contributed by atoms with Gasteiger partial charge in [0, 0.05) is 22.6 Å². The lowest BCUT2D eigenvalue weighted by molar-refractivity contribution is -0.139. The summed E-state index contributed by atoms with van der Waals surface area (Å²) in [5, 5.41) is 3.11. The first kappa shape index (κ1) is 26.2. The van der Waals surface area contributed by atoms with E-state index in [4.69, 9.17) is 11.6 Å². The Morgan fingerprint density at radius 3 is 2.44 bits per heavy atom. The summed E-state index contributed by atoms with van der Waals surface area (Å²) in [5.74, 6) is -0.828. The van der Waals surface area contributed by atoms with E-state index in [9.17, 15) is 18.0 Å². The minimum absolute atomic E-state index is 0.142. The molecule has 174 valence electrons. The number of amides is 2. The molecule has 0 unspecified atom stereocenters. The number of hydrogen-bond donors (Lipinski definition) is 1. The SMILES string of the molecule is CCNC(=O)[C@H](C)N(Cc1cccc(Br)c1)C(=O)CN(c1ccc(C)c(Cl)c1)S(C)(=O)=O. The number of sulfonamides is 1. The van der Waals surface area contributed by atoms with Crippen molar-refractivity contribution in [3.8, 4) is 0 Å². The molecular weight excluding hydrogens is 518 g/mol. The summed E-state index contributed by atoms with van der Waals surface area (Å²) in [6.45, 7) is 5.31. The Bertz CT molecular complexity index is 1090. The molecule has 0 radical (unpaired) electrons. The molecule has 0 bridgehead atoms. The predicted molar refractivity (Wildman–Crippen MR) is 131 cm³/mol. The summed E-state index contributed by atoms with van der Waals surface area (Å²) in [5.41, 5.74) is 1.87. The maximum absolute atomic E-state index is 13.4. The molecule has 2 aromatic carbocycles. The van der Waals surface area contributed by atoms with Crippen molar-refractivity contribution in [1.29, 1.82) is 0 Å². The second kappa shape index (κ2) is 11.2. The largest absolute Gasteiger partial charge is 0.355 e. The van der Waals surface area contributed by atoms with Crippen molar-refractivity contribution in [3.63, 3.8) is 0 Å². The first-order chi connectivity index (χ1) is 14.9. The average molecular weight is 545 g/mol. The van der Waals surface area contributed by atoms with Crippen molar-refractivity contribution in [3.05, 3.63) is 63.1 Å². The molecule has 0 saturated carbocycles. The Morgan fingerprint density at radius 2 is 1.88 bits per heavy atom. The molecule has 0 heterocycles. The van der Waals surface area contributed by atoms with Crippen LogP contribution in [-0.2, 0) is 26.2 Å². The van der Waals surface area contributed by atoms with Gasteiger partial charge in [-0.1, -0.05) is 45.7 Å². The number of anilines is 1. The zero-order valence-corrected chi connectivity index (χ0v) is 21.6. The summed E-state index contributed by atoms with van der Waals surface area (Å²) in [7, 11) is -3.79. The van der Waals surface area contributed by atoms with Crippen molar-refractivity contribution in [2.24, 2.45) is 0 Å². The van der Waals surface area contributed by atoms with Crippen LogP contribution in [0.4, 0.5) is 5.69 Å². The van der Waals surface area contributed by atoms with Gasteiger partial charge in [0.15, 0.2) is 0 Å². The summed E-state index contributed by atoms with van der Waals surface area (Å²) in [4.78, 5) is 27.3. The van der Waals surface area contributed by atoms with E-state index >= 15 is 0 Å². The molecule has 10 heteroatoms. The van der Waals surface area contributed by atoms with Gasteiger partial charge in [0.2, 0.25) is 21.8 Å². The van der Waals surface area contributed by atoms with Crippen LogP contribution in [-0.4, -0.2) is 50.5 Å². The number of aryl methyl sites for hydroxylation is 1. The zero-order valence-electron chi connectivity index (χ0n) is 18.4. The van der Waals surface area contributed by atoms with Gasteiger partial charge in [-0.3, -0.25) is 13.9 Å². The summed E-state index contributed by atoms with van der Waals surface area (Å²) in [6, 6.07) is 11.4. The van der Waals surface area contributed by atoms with Crippen LogP contribution in [0.2, 0.25) is 5.02 Å². The van der Waals surface area contributed by atoms with Gasteiger partial charge in [-0.05, 0) is 56.2 Å². The quantitative estimate of drug-likeness (QED) is 0.521. The van der Waals surface area contributed by atoms with Crippen molar-refractivity contribution >= 4 is 55.1 Å². The van der Waals surface area contributed by atoms with Crippen molar-refractivity contribution < 1.29 is 18.0 Å². The second-order valence-electron chi connectivity index (χ2n) is 7.43. The van der Waals surface area contributed by atoms with Crippen LogP contribution < -0.4 is 9.62 Å². The third-order valence-electron chi connectivity index (χ3n) is 4.88. The lowest BCUT2D eigenvalue weighted by Crippen LogP contribution is -2.51. The molecule has 0 spiro atoms. The number of nitrogens with one attached hydrogen (secondary N) is 1. The van der Waals surface area contributed by atoms with Crippen LogP contribution in [0.15, 0.2) is 46.9 Å². The van der Waals surface area contributed by atoms with Crippen LogP contribution in [0.5, 0.6) is 0 Å². The Balaban J connectivity index is 2.40. The van der Waals surface area contributed by atoms with E-state index in [2.05, 4.69) is 21.2 Å². The van der Waals surface area contributed by atoms with E-state index in [-0.39, 0.29) is 18.1 Å². The molecule has 32 heavy (non-hydrogen) atoms. The van der Waals surface area contributed by atoms with Crippen molar-refractivity contribution in [2.75, 3.05) is 23.7 Å². The molecule has 2 amide bonds. The van der Waals surface area contributed by atoms with Crippen molar-refractivity contribution in [1.82, 2.24) is 10.2 Å². The summed E-state index contributed by atoms with van der Waals surface area (Å²) < 4.78 is 26.9. The average Bonchev–Trinajstić information content (AvgIpc) is 2.71. The van der Waals surface area contributed by atoms with E-state index in [1.54, 1.807) is 32.9 Å². The molecule has 0 aromatic heterocycles. The van der Waals surface area contributed by atoms with Gasteiger partial charge in [0.1, 0.15) is 12.6 Å². The van der Waals surface area contributed by atoms with E-state index < -0.39 is 28.5 Å². The Morgan fingerprint density at radius 1 is 1.19 bits per heavy atom. The number of benzene rings is 2. The number of carbonyl (C=O) groups is 2. The molecule has 0 aliphatic carbocycles. The van der Waals surface area contributed by atoms with Crippen LogP contribution in [0.25, 0.3) is 0 Å². The highest BCUT2D eigenvalue weighted by Crippen LogP contribution is 2.25. The van der Waals surface area contributed by atoms with Gasteiger partial charge in [-0.15, -0.1) is 0 Å². The molecule has 2 aromatic rings. The number of carbonyl (C=O) groups excluding carboxylic acids is 2. The fraction of sp³-hybridized carbons (Fsp3) is 0.364. The molecule has 0 fully saturated rings. The second-order valence-corrected chi connectivity index (χ2v) is 10.7. The standard InChI is InChI=1S/C22H27BrClN3O4S/c1-5-25-22(29)16(3)26(13-17-7-6-8-18(23)11-17)21(28)14-27(32(4,30)31)19-10-9-15(2)20(24)12-19/h6-12,16H,5,13-14H2,1-4H3,(H,25,29)/t16-/m0/s1. The first-order valence-corrected chi connectivity index (χ1v) is 13.0. The van der Waals surface area contributed by atoms with Gasteiger partial charge in [0.25, 0.3) is 0 Å². The molecule has 1 atom stereocenters. The minimum Gasteiger partial charge on any atom is -0.355 e. The van der Waals surface area contributed by atoms with Gasteiger partial charge in [0.05, 0.1) is 11.9 Å². The van der Waals surface area contributed by atoms with Gasteiger partial charge in [-0.2, -0.15) is 0 Å². The summed E-state index contributed by atoms with van der Waals surface area (Å²) >= 11 is 9.59. The fourth-order valence-electron chi connectivity index (χ4n) is 3.09. The number of nitrogens with zero attached hydrogens (tertiary/aromatic N) is 2. The molecule has 0 aliphatic rings. The maximum atomic E-state index is 13.4.